The Morgan fingerprint density at radius 1 is 1.53 bits per heavy atom. The number of anilines is 1. The molecule has 1 aromatic carbocycles. The number of nitrogens with zero attached hydrogens (tertiary/aromatic N) is 1. The predicted octanol–water partition coefficient (Wildman–Crippen LogP) is 0.772. The van der Waals surface area contributed by atoms with Gasteiger partial charge in [0, 0.05) is 31.5 Å². The summed E-state index contributed by atoms with van der Waals surface area (Å²) in [6, 6.07) is 7.35. The van der Waals surface area contributed by atoms with E-state index in [1.807, 2.05) is 29.2 Å². The minimum atomic E-state index is -0.320. The van der Waals surface area contributed by atoms with Crippen LogP contribution in [0.4, 0.5) is 5.69 Å². The van der Waals surface area contributed by atoms with Crippen LogP contribution in [0.5, 0.6) is 5.75 Å². The van der Waals surface area contributed by atoms with Crippen LogP contribution in [-0.2, 0) is 4.79 Å². The van der Waals surface area contributed by atoms with E-state index in [0.717, 1.165) is 24.4 Å². The number of ether oxygens (including phenoxy) is 1. The van der Waals surface area contributed by atoms with Crippen molar-refractivity contribution in [1.29, 1.82) is 0 Å². The van der Waals surface area contributed by atoms with Gasteiger partial charge in [-0.3, -0.25) is 4.79 Å². The fourth-order valence-electron chi connectivity index (χ4n) is 2.38. The molecule has 0 spiro atoms. The van der Waals surface area contributed by atoms with Crippen molar-refractivity contribution in [3.8, 4) is 5.75 Å². The van der Waals surface area contributed by atoms with Gasteiger partial charge < -0.3 is 20.1 Å². The van der Waals surface area contributed by atoms with E-state index in [1.54, 1.807) is 7.11 Å². The zero-order valence-electron chi connectivity index (χ0n) is 11.1. The van der Waals surface area contributed by atoms with Crippen molar-refractivity contribution in [2.24, 2.45) is 0 Å². The summed E-state index contributed by atoms with van der Waals surface area (Å²) in [5.41, 5.74) is 0.954. The van der Waals surface area contributed by atoms with E-state index in [9.17, 15) is 4.79 Å². The second-order valence-corrected chi connectivity index (χ2v) is 4.57. The number of aliphatic hydroxyl groups is 1. The number of aliphatic hydroxyl groups excluding tert-OH is 1. The summed E-state index contributed by atoms with van der Waals surface area (Å²) in [5.74, 6) is 0.749. The summed E-state index contributed by atoms with van der Waals surface area (Å²) in [4.78, 5) is 14.1. The summed E-state index contributed by atoms with van der Waals surface area (Å²) >= 11 is 0. The number of hydrogen-bond donors (Lipinski definition) is 2. The standard InChI is InChI=1S/C14H20N2O3/c1-19-12-5-2-4-11(10-12)16-8-3-7-15-14(18)13(16)6-9-17/h2,4-5,10,13,17H,3,6-9H2,1H3,(H,15,18). The maximum atomic E-state index is 12.0. The van der Waals surface area contributed by atoms with E-state index in [2.05, 4.69) is 5.32 Å². The summed E-state index contributed by atoms with van der Waals surface area (Å²) in [6.45, 7) is 1.47. The molecule has 1 aromatic rings. The Hall–Kier alpha value is -1.75. The van der Waals surface area contributed by atoms with Gasteiger partial charge in [-0.05, 0) is 25.0 Å². The number of rotatable bonds is 4. The van der Waals surface area contributed by atoms with Crippen LogP contribution in [0.15, 0.2) is 24.3 Å². The van der Waals surface area contributed by atoms with E-state index >= 15 is 0 Å². The average Bonchev–Trinajstić information content (AvgIpc) is 2.62. The summed E-state index contributed by atoms with van der Waals surface area (Å²) in [6.07, 6.45) is 1.33. The Balaban J connectivity index is 2.28. The fraction of sp³-hybridized carbons (Fsp3) is 0.500. The summed E-state index contributed by atoms with van der Waals surface area (Å²) in [5, 5.41) is 12.0. The molecule has 1 heterocycles. The minimum absolute atomic E-state index is 0.00143. The van der Waals surface area contributed by atoms with E-state index < -0.39 is 0 Å². The van der Waals surface area contributed by atoms with Crippen LogP contribution in [0.1, 0.15) is 12.8 Å². The average molecular weight is 264 g/mol. The van der Waals surface area contributed by atoms with E-state index in [0.29, 0.717) is 13.0 Å². The molecule has 0 aromatic heterocycles. The SMILES string of the molecule is COc1cccc(N2CCCNC(=O)C2CCO)c1. The molecule has 1 amide bonds. The predicted molar refractivity (Wildman–Crippen MR) is 73.5 cm³/mol. The van der Waals surface area contributed by atoms with Crippen LogP contribution in [0.3, 0.4) is 0 Å². The minimum Gasteiger partial charge on any atom is -0.497 e. The van der Waals surface area contributed by atoms with Crippen LogP contribution < -0.4 is 15.0 Å². The van der Waals surface area contributed by atoms with E-state index in [1.165, 1.54) is 0 Å². The molecule has 1 saturated heterocycles. The molecule has 0 saturated carbocycles. The number of benzene rings is 1. The molecule has 104 valence electrons. The highest BCUT2D eigenvalue weighted by Crippen LogP contribution is 2.24. The van der Waals surface area contributed by atoms with Crippen LogP contribution >= 0.6 is 0 Å². The molecule has 2 rings (SSSR count). The van der Waals surface area contributed by atoms with E-state index in [4.69, 9.17) is 9.84 Å². The highest BCUT2D eigenvalue weighted by atomic mass is 16.5. The second-order valence-electron chi connectivity index (χ2n) is 4.57. The van der Waals surface area contributed by atoms with Crippen molar-refractivity contribution in [2.75, 3.05) is 31.7 Å². The molecule has 1 aliphatic rings. The molecule has 1 aliphatic heterocycles. The summed E-state index contributed by atoms with van der Waals surface area (Å²) in [7, 11) is 1.62. The molecule has 0 bridgehead atoms. The third-order valence-corrected chi connectivity index (χ3v) is 3.34. The first-order chi connectivity index (χ1) is 9.26. The lowest BCUT2D eigenvalue weighted by molar-refractivity contribution is -0.122. The molecule has 1 fully saturated rings. The third kappa shape index (κ3) is 3.17. The number of nitrogens with one attached hydrogen (secondary N) is 1. The summed E-state index contributed by atoms with van der Waals surface area (Å²) < 4.78 is 5.22. The van der Waals surface area contributed by atoms with E-state index in [-0.39, 0.29) is 18.6 Å². The van der Waals surface area contributed by atoms with Gasteiger partial charge >= 0.3 is 0 Å². The second kappa shape index (κ2) is 6.43. The zero-order valence-corrected chi connectivity index (χ0v) is 11.1. The first-order valence-corrected chi connectivity index (χ1v) is 6.55. The van der Waals surface area contributed by atoms with Gasteiger partial charge in [0.15, 0.2) is 0 Å². The van der Waals surface area contributed by atoms with Gasteiger partial charge in [0.1, 0.15) is 11.8 Å². The molecule has 19 heavy (non-hydrogen) atoms. The molecule has 0 aliphatic carbocycles. The first-order valence-electron chi connectivity index (χ1n) is 6.55. The molecule has 1 atom stereocenters. The number of hydrogen-bond acceptors (Lipinski definition) is 4. The van der Waals surface area contributed by atoms with Crippen LogP contribution in [-0.4, -0.2) is 43.9 Å². The van der Waals surface area contributed by atoms with Crippen molar-refractivity contribution >= 4 is 11.6 Å². The highest BCUT2D eigenvalue weighted by Gasteiger charge is 2.27. The van der Waals surface area contributed by atoms with Crippen LogP contribution in [0.25, 0.3) is 0 Å². The highest BCUT2D eigenvalue weighted by molar-refractivity contribution is 5.85. The van der Waals surface area contributed by atoms with Gasteiger partial charge in [-0.25, -0.2) is 0 Å². The van der Waals surface area contributed by atoms with Gasteiger partial charge in [0.25, 0.3) is 0 Å². The van der Waals surface area contributed by atoms with Gasteiger partial charge in [-0.15, -0.1) is 0 Å². The quantitative estimate of drug-likeness (QED) is 0.843. The maximum Gasteiger partial charge on any atom is 0.242 e. The molecule has 2 N–H and O–H groups in total. The molecular formula is C14H20N2O3. The largest absolute Gasteiger partial charge is 0.497 e. The van der Waals surface area contributed by atoms with Crippen LogP contribution in [0, 0.1) is 0 Å². The lowest BCUT2D eigenvalue weighted by Gasteiger charge is -2.30. The van der Waals surface area contributed by atoms with Gasteiger partial charge in [-0.2, -0.15) is 0 Å². The van der Waals surface area contributed by atoms with Crippen molar-refractivity contribution in [2.45, 2.75) is 18.9 Å². The Kier molecular flexibility index (Phi) is 4.63. The van der Waals surface area contributed by atoms with Crippen molar-refractivity contribution in [3.63, 3.8) is 0 Å². The Morgan fingerprint density at radius 2 is 2.37 bits per heavy atom. The number of methoxy groups -OCH3 is 1. The monoisotopic (exact) mass is 264 g/mol. The van der Waals surface area contributed by atoms with Gasteiger partial charge in [0.05, 0.1) is 7.11 Å². The van der Waals surface area contributed by atoms with Crippen molar-refractivity contribution in [3.05, 3.63) is 24.3 Å². The van der Waals surface area contributed by atoms with Crippen molar-refractivity contribution in [1.82, 2.24) is 5.32 Å². The molecule has 5 nitrogen and oxygen atoms in total. The van der Waals surface area contributed by atoms with Gasteiger partial charge in [0.2, 0.25) is 5.91 Å². The number of carbonyl (C=O) groups excluding carboxylic acids is 1. The first kappa shape index (κ1) is 13.7. The van der Waals surface area contributed by atoms with Crippen molar-refractivity contribution < 1.29 is 14.6 Å². The fourth-order valence-corrected chi connectivity index (χ4v) is 2.38. The molecule has 1 unspecified atom stereocenters. The van der Waals surface area contributed by atoms with Crippen LogP contribution in [0.2, 0.25) is 0 Å². The molecule has 5 heteroatoms. The zero-order chi connectivity index (χ0) is 13.7. The topological polar surface area (TPSA) is 61.8 Å². The lowest BCUT2D eigenvalue weighted by atomic mass is 10.1. The Labute approximate surface area is 113 Å². The molecular weight excluding hydrogens is 244 g/mol. The Bertz CT molecular complexity index is 436. The third-order valence-electron chi connectivity index (χ3n) is 3.34. The smallest absolute Gasteiger partial charge is 0.242 e. The maximum absolute atomic E-state index is 12.0. The number of amides is 1. The van der Waals surface area contributed by atoms with Gasteiger partial charge in [-0.1, -0.05) is 6.07 Å². The normalized spacial score (nSPS) is 19.8. The lowest BCUT2D eigenvalue weighted by Crippen LogP contribution is -2.45. The Morgan fingerprint density at radius 3 is 3.11 bits per heavy atom. The molecule has 0 radical (unpaired) electrons. The number of carbonyl (C=O) groups is 1.